The van der Waals surface area contributed by atoms with Crippen molar-refractivity contribution in [2.45, 2.75) is 6.92 Å². The monoisotopic (exact) mass is 425 g/mol. The number of carboxylic acid groups (broad SMARTS) is 1. The van der Waals surface area contributed by atoms with Crippen molar-refractivity contribution in [3.8, 4) is 0 Å². The molecule has 3 amide bonds. The lowest BCUT2D eigenvalue weighted by atomic mass is 10.0. The normalized spacial score (nSPS) is 12.8. The lowest BCUT2D eigenvalue weighted by molar-refractivity contribution is 0.0697. The molecule has 1 aromatic heterocycles. The van der Waals surface area contributed by atoms with E-state index in [1.165, 1.54) is 42.5 Å². The molecule has 2 N–H and O–H groups in total. The van der Waals surface area contributed by atoms with Crippen molar-refractivity contribution in [3.05, 3.63) is 75.5 Å². The summed E-state index contributed by atoms with van der Waals surface area (Å²) in [6.45, 7) is 1.62. The van der Waals surface area contributed by atoms with Crippen LogP contribution in [-0.4, -0.2) is 34.0 Å². The van der Waals surface area contributed by atoms with Gasteiger partial charge in [-0.3, -0.25) is 14.4 Å². The summed E-state index contributed by atoms with van der Waals surface area (Å²) in [5, 5.41) is 15.7. The number of fused-ring (bicyclic) bond motifs is 1. The van der Waals surface area contributed by atoms with Gasteiger partial charge in [0.25, 0.3) is 17.7 Å². The Hall–Kier alpha value is -3.98. The fraction of sp³-hybridized carbons (Fsp3) is 0.0500. The average Bonchev–Trinajstić information content (AvgIpc) is 3.22. The van der Waals surface area contributed by atoms with E-state index >= 15 is 0 Å². The standard InChI is InChI=1S/C20H12ClN3O6/c1-9-6-16(23-30-9)24-18(26)12-4-2-10(7-14(12)19(24)27)17(25)22-15-8-11(21)3-5-13(15)20(28)29/h2-8H,1H3,(H,22,25)(H,28,29). The number of carboxylic acids is 1. The van der Waals surface area contributed by atoms with E-state index in [0.29, 0.717) is 5.76 Å². The number of rotatable bonds is 4. The molecule has 0 bridgehead atoms. The first-order valence-electron chi connectivity index (χ1n) is 8.56. The fourth-order valence-electron chi connectivity index (χ4n) is 3.05. The second kappa shape index (κ2) is 7.12. The molecule has 0 radical (unpaired) electrons. The third-order valence-corrected chi connectivity index (χ3v) is 4.69. The van der Waals surface area contributed by atoms with E-state index in [0.717, 1.165) is 4.90 Å². The molecule has 2 heterocycles. The van der Waals surface area contributed by atoms with Crippen LogP contribution in [0.3, 0.4) is 0 Å². The van der Waals surface area contributed by atoms with Crippen LogP contribution in [0.4, 0.5) is 11.5 Å². The van der Waals surface area contributed by atoms with Gasteiger partial charge < -0.3 is 14.9 Å². The predicted molar refractivity (Wildman–Crippen MR) is 105 cm³/mol. The van der Waals surface area contributed by atoms with Crippen LogP contribution in [-0.2, 0) is 0 Å². The summed E-state index contributed by atoms with van der Waals surface area (Å²) in [6.07, 6.45) is 0. The highest BCUT2D eigenvalue weighted by Crippen LogP contribution is 2.29. The zero-order valence-electron chi connectivity index (χ0n) is 15.3. The molecule has 4 rings (SSSR count). The van der Waals surface area contributed by atoms with E-state index in [1.54, 1.807) is 6.92 Å². The third kappa shape index (κ3) is 3.20. The maximum absolute atomic E-state index is 12.7. The molecular weight excluding hydrogens is 414 g/mol. The van der Waals surface area contributed by atoms with E-state index in [1.807, 2.05) is 0 Å². The van der Waals surface area contributed by atoms with E-state index < -0.39 is 23.7 Å². The average molecular weight is 426 g/mol. The molecule has 0 fully saturated rings. The van der Waals surface area contributed by atoms with Gasteiger partial charge in [-0.15, -0.1) is 0 Å². The summed E-state index contributed by atoms with van der Waals surface area (Å²) in [5.74, 6) is -2.66. The molecule has 0 saturated carbocycles. The number of aromatic carboxylic acids is 1. The number of amides is 3. The maximum atomic E-state index is 12.7. The largest absolute Gasteiger partial charge is 0.478 e. The number of hydrogen-bond acceptors (Lipinski definition) is 6. The highest BCUT2D eigenvalue weighted by molar-refractivity contribution is 6.34. The number of imide groups is 1. The van der Waals surface area contributed by atoms with Crippen LogP contribution in [0.1, 0.15) is 47.2 Å². The zero-order valence-corrected chi connectivity index (χ0v) is 16.1. The number of hydrogen-bond donors (Lipinski definition) is 2. The van der Waals surface area contributed by atoms with Crippen LogP contribution in [0.25, 0.3) is 0 Å². The van der Waals surface area contributed by atoms with Gasteiger partial charge in [-0.1, -0.05) is 16.8 Å². The second-order valence-corrected chi connectivity index (χ2v) is 6.89. The lowest BCUT2D eigenvalue weighted by Gasteiger charge is -2.09. The second-order valence-electron chi connectivity index (χ2n) is 6.45. The summed E-state index contributed by atoms with van der Waals surface area (Å²) < 4.78 is 4.92. The van der Waals surface area contributed by atoms with Gasteiger partial charge in [0.15, 0.2) is 5.82 Å². The molecule has 150 valence electrons. The summed E-state index contributed by atoms with van der Waals surface area (Å²) >= 11 is 5.89. The van der Waals surface area contributed by atoms with Crippen LogP contribution < -0.4 is 10.2 Å². The Morgan fingerprint density at radius 2 is 1.80 bits per heavy atom. The number of carbonyl (C=O) groups excluding carboxylic acids is 3. The number of aryl methyl sites for hydroxylation is 1. The molecule has 9 nitrogen and oxygen atoms in total. The van der Waals surface area contributed by atoms with Gasteiger partial charge in [0.05, 0.1) is 22.4 Å². The number of nitrogens with one attached hydrogen (secondary N) is 1. The van der Waals surface area contributed by atoms with Crippen molar-refractivity contribution in [2.24, 2.45) is 0 Å². The molecule has 1 aliphatic rings. The number of anilines is 2. The van der Waals surface area contributed by atoms with Crippen LogP contribution in [0.15, 0.2) is 47.0 Å². The van der Waals surface area contributed by atoms with Crippen molar-refractivity contribution in [2.75, 3.05) is 10.2 Å². The molecule has 0 spiro atoms. The van der Waals surface area contributed by atoms with Crippen molar-refractivity contribution in [3.63, 3.8) is 0 Å². The lowest BCUT2D eigenvalue weighted by Crippen LogP contribution is -2.29. The smallest absolute Gasteiger partial charge is 0.337 e. The number of carbonyl (C=O) groups is 4. The number of aromatic nitrogens is 1. The Kier molecular flexibility index (Phi) is 4.59. The highest BCUT2D eigenvalue weighted by Gasteiger charge is 2.38. The summed E-state index contributed by atoms with van der Waals surface area (Å²) in [4.78, 5) is 50.2. The van der Waals surface area contributed by atoms with Crippen LogP contribution in [0.2, 0.25) is 5.02 Å². The fourth-order valence-corrected chi connectivity index (χ4v) is 3.22. The van der Waals surface area contributed by atoms with E-state index in [9.17, 15) is 24.3 Å². The summed E-state index contributed by atoms with van der Waals surface area (Å²) in [6, 6.07) is 9.39. The molecular formula is C20H12ClN3O6. The Labute approximate surface area is 173 Å². The first kappa shape index (κ1) is 19.3. The van der Waals surface area contributed by atoms with Gasteiger partial charge in [0.1, 0.15) is 5.76 Å². The van der Waals surface area contributed by atoms with Gasteiger partial charge in [0.2, 0.25) is 0 Å². The van der Waals surface area contributed by atoms with Crippen molar-refractivity contribution in [1.82, 2.24) is 5.16 Å². The predicted octanol–water partition coefficient (Wildman–Crippen LogP) is 3.39. The quantitative estimate of drug-likeness (QED) is 0.612. The Morgan fingerprint density at radius 1 is 1.07 bits per heavy atom. The zero-order chi connectivity index (χ0) is 21.6. The van der Waals surface area contributed by atoms with Gasteiger partial charge in [0, 0.05) is 16.7 Å². The minimum Gasteiger partial charge on any atom is -0.478 e. The molecule has 0 atom stereocenters. The molecule has 1 aliphatic heterocycles. The van der Waals surface area contributed by atoms with Crippen LogP contribution >= 0.6 is 11.6 Å². The summed E-state index contributed by atoms with van der Waals surface area (Å²) in [5.41, 5.74) is 0.0591. The number of halogens is 1. The number of benzene rings is 2. The number of nitrogens with zero attached hydrogens (tertiary/aromatic N) is 2. The van der Waals surface area contributed by atoms with Gasteiger partial charge in [-0.25, -0.2) is 9.69 Å². The van der Waals surface area contributed by atoms with Gasteiger partial charge >= 0.3 is 5.97 Å². The van der Waals surface area contributed by atoms with Crippen molar-refractivity contribution >= 4 is 46.8 Å². The first-order chi connectivity index (χ1) is 14.3. The van der Waals surface area contributed by atoms with Gasteiger partial charge in [-0.05, 0) is 43.3 Å². The molecule has 2 aromatic carbocycles. The molecule has 0 unspecified atom stereocenters. The van der Waals surface area contributed by atoms with Crippen LogP contribution in [0.5, 0.6) is 0 Å². The Morgan fingerprint density at radius 3 is 2.47 bits per heavy atom. The van der Waals surface area contributed by atoms with E-state index in [2.05, 4.69) is 10.5 Å². The minimum atomic E-state index is -1.24. The third-order valence-electron chi connectivity index (χ3n) is 4.45. The Balaban J connectivity index is 1.65. The Bertz CT molecular complexity index is 1250. The van der Waals surface area contributed by atoms with E-state index in [-0.39, 0.29) is 38.8 Å². The van der Waals surface area contributed by atoms with Gasteiger partial charge in [-0.2, -0.15) is 0 Å². The molecule has 0 aliphatic carbocycles. The molecule has 3 aromatic rings. The first-order valence-corrected chi connectivity index (χ1v) is 8.94. The van der Waals surface area contributed by atoms with Crippen molar-refractivity contribution in [1.29, 1.82) is 0 Å². The maximum Gasteiger partial charge on any atom is 0.337 e. The van der Waals surface area contributed by atoms with E-state index in [4.69, 9.17) is 16.1 Å². The molecule has 10 heteroatoms. The van der Waals surface area contributed by atoms with Crippen molar-refractivity contribution < 1.29 is 28.8 Å². The molecule has 0 saturated heterocycles. The van der Waals surface area contributed by atoms with Crippen LogP contribution in [0, 0.1) is 6.92 Å². The highest BCUT2D eigenvalue weighted by atomic mass is 35.5. The minimum absolute atomic E-state index is 0.00241. The summed E-state index contributed by atoms with van der Waals surface area (Å²) in [7, 11) is 0. The topological polar surface area (TPSA) is 130 Å². The molecule has 30 heavy (non-hydrogen) atoms. The SMILES string of the molecule is Cc1cc(N2C(=O)c3ccc(C(=O)Nc4cc(Cl)ccc4C(=O)O)cc3C2=O)no1.